The van der Waals surface area contributed by atoms with Crippen LogP contribution >= 0.6 is 11.6 Å². The molecule has 0 aliphatic carbocycles. The number of aromatic nitrogens is 1. The molecule has 0 spiro atoms. The first kappa shape index (κ1) is 19.7. The highest BCUT2D eigenvalue weighted by Gasteiger charge is 2.29. The first-order valence-corrected chi connectivity index (χ1v) is 9.41. The number of carbonyl (C=O) groups is 1. The summed E-state index contributed by atoms with van der Waals surface area (Å²) in [5.74, 6) is -0.330. The Hall–Kier alpha value is -3.59. The molecule has 9 nitrogen and oxygen atoms in total. The van der Waals surface area contributed by atoms with Crippen molar-refractivity contribution in [2.24, 2.45) is 0 Å². The number of benzene rings is 2. The smallest absolute Gasteiger partial charge is 0.269 e. The number of nitro benzene ring substituents is 1. The molecule has 0 unspecified atom stereocenters. The summed E-state index contributed by atoms with van der Waals surface area (Å²) in [6.07, 6.45) is 0.585. The van der Waals surface area contributed by atoms with Crippen LogP contribution in [0.15, 0.2) is 40.9 Å². The minimum atomic E-state index is -0.490. The number of phenols is 2. The Labute approximate surface area is 175 Å². The first-order valence-electron chi connectivity index (χ1n) is 9.04. The van der Waals surface area contributed by atoms with Crippen molar-refractivity contribution in [3.05, 3.63) is 68.4 Å². The lowest BCUT2D eigenvalue weighted by molar-refractivity contribution is -0.384. The molecule has 0 saturated carbocycles. The fourth-order valence-corrected chi connectivity index (χ4v) is 3.56. The molecule has 2 aromatic carbocycles. The van der Waals surface area contributed by atoms with Crippen molar-refractivity contribution in [3.63, 3.8) is 0 Å². The Kier molecular flexibility index (Phi) is 5.04. The van der Waals surface area contributed by atoms with Gasteiger partial charge in [0.1, 0.15) is 11.5 Å². The molecule has 1 aromatic heterocycles. The molecule has 1 aliphatic heterocycles. The van der Waals surface area contributed by atoms with Gasteiger partial charge in [0.15, 0.2) is 5.76 Å². The number of nitrogens with zero attached hydrogens (tertiary/aromatic N) is 3. The molecule has 1 aliphatic rings. The lowest BCUT2D eigenvalue weighted by atomic mass is 10.00. The molecule has 10 heteroatoms. The zero-order chi connectivity index (χ0) is 21.4. The zero-order valence-corrected chi connectivity index (χ0v) is 16.3. The highest BCUT2D eigenvalue weighted by molar-refractivity contribution is 6.32. The van der Waals surface area contributed by atoms with E-state index in [1.165, 1.54) is 18.2 Å². The molecule has 30 heavy (non-hydrogen) atoms. The van der Waals surface area contributed by atoms with E-state index >= 15 is 0 Å². The maximum Gasteiger partial charge on any atom is 0.269 e. The summed E-state index contributed by atoms with van der Waals surface area (Å²) in [6.45, 7) is 0.686. The zero-order valence-electron chi connectivity index (χ0n) is 15.5. The molecule has 0 fully saturated rings. The monoisotopic (exact) mass is 429 g/mol. The van der Waals surface area contributed by atoms with E-state index in [-0.39, 0.29) is 52.4 Å². The Morgan fingerprint density at radius 3 is 2.67 bits per heavy atom. The van der Waals surface area contributed by atoms with Crippen molar-refractivity contribution in [1.82, 2.24) is 10.1 Å². The number of phenolic OH excluding ortho intramolecular Hbond substituents is 2. The largest absolute Gasteiger partial charge is 0.507 e. The third kappa shape index (κ3) is 3.67. The lowest BCUT2D eigenvalue weighted by Gasteiger charge is -2.26. The summed E-state index contributed by atoms with van der Waals surface area (Å²) >= 11 is 5.96. The van der Waals surface area contributed by atoms with Crippen LogP contribution < -0.4 is 0 Å². The summed E-state index contributed by atoms with van der Waals surface area (Å²) in [5, 5.41) is 34.7. The Morgan fingerprint density at radius 2 is 1.97 bits per heavy atom. The number of hydrogen-bond acceptors (Lipinski definition) is 7. The Morgan fingerprint density at radius 1 is 1.23 bits per heavy atom. The number of amides is 1. The highest BCUT2D eigenvalue weighted by atomic mass is 35.5. The van der Waals surface area contributed by atoms with Gasteiger partial charge in [0.2, 0.25) is 5.91 Å². The van der Waals surface area contributed by atoms with Crippen LogP contribution in [0.2, 0.25) is 5.02 Å². The number of hydrogen-bond donors (Lipinski definition) is 2. The molecule has 0 saturated heterocycles. The van der Waals surface area contributed by atoms with Gasteiger partial charge >= 0.3 is 0 Å². The van der Waals surface area contributed by atoms with Gasteiger partial charge in [-0.15, -0.1) is 0 Å². The number of halogens is 1. The maximum atomic E-state index is 12.8. The van der Waals surface area contributed by atoms with Crippen molar-refractivity contribution < 1.29 is 24.5 Å². The quantitative estimate of drug-likeness (QED) is 0.479. The molecule has 0 radical (unpaired) electrons. The number of non-ortho nitro benzene ring substituents is 1. The van der Waals surface area contributed by atoms with E-state index in [1.54, 1.807) is 17.0 Å². The SMILES string of the molecule is O=C(Cc1ccc([N+](=O)[O-])cc1)N1CCc2noc(-c3cc(Cl)c(O)cc3O)c2C1. The second kappa shape index (κ2) is 7.68. The van der Waals surface area contributed by atoms with Gasteiger partial charge in [-0.2, -0.15) is 0 Å². The van der Waals surface area contributed by atoms with Crippen LogP contribution in [0.1, 0.15) is 16.8 Å². The van der Waals surface area contributed by atoms with Crippen molar-refractivity contribution in [3.8, 4) is 22.8 Å². The molecule has 3 aromatic rings. The summed E-state index contributed by atoms with van der Waals surface area (Å²) < 4.78 is 5.41. The lowest BCUT2D eigenvalue weighted by Crippen LogP contribution is -2.36. The van der Waals surface area contributed by atoms with Crippen molar-refractivity contribution in [1.29, 1.82) is 0 Å². The van der Waals surface area contributed by atoms with Crippen molar-refractivity contribution in [2.75, 3.05) is 6.54 Å². The van der Waals surface area contributed by atoms with Crippen LogP contribution in [0.4, 0.5) is 5.69 Å². The molecular formula is C20H16ClN3O6. The minimum absolute atomic E-state index is 0.0321. The number of aromatic hydroxyl groups is 2. The molecule has 4 rings (SSSR count). The van der Waals surface area contributed by atoms with Crippen LogP contribution in [-0.4, -0.2) is 37.6 Å². The van der Waals surface area contributed by atoms with Crippen LogP contribution in [0.3, 0.4) is 0 Å². The van der Waals surface area contributed by atoms with E-state index in [4.69, 9.17) is 16.1 Å². The summed E-state index contributed by atoms with van der Waals surface area (Å²) in [5.41, 5.74) is 2.26. The Bertz CT molecular complexity index is 1140. The van der Waals surface area contributed by atoms with Crippen molar-refractivity contribution in [2.45, 2.75) is 19.4 Å². The van der Waals surface area contributed by atoms with E-state index in [2.05, 4.69) is 5.16 Å². The van der Waals surface area contributed by atoms with Gasteiger partial charge in [0.25, 0.3) is 5.69 Å². The Balaban J connectivity index is 1.55. The number of carbonyl (C=O) groups excluding carboxylic acids is 1. The van der Waals surface area contributed by atoms with Crippen LogP contribution in [0.5, 0.6) is 11.5 Å². The third-order valence-corrected chi connectivity index (χ3v) is 5.30. The van der Waals surface area contributed by atoms with E-state index < -0.39 is 4.92 Å². The highest BCUT2D eigenvalue weighted by Crippen LogP contribution is 2.40. The number of rotatable bonds is 4. The van der Waals surface area contributed by atoms with Gasteiger partial charge in [0.05, 0.1) is 34.2 Å². The van der Waals surface area contributed by atoms with Gasteiger partial charge in [-0.25, -0.2) is 0 Å². The predicted octanol–water partition coefficient (Wildman–Crippen LogP) is 3.44. The van der Waals surface area contributed by atoms with Crippen LogP contribution in [0.25, 0.3) is 11.3 Å². The van der Waals surface area contributed by atoms with E-state index in [0.717, 1.165) is 6.07 Å². The molecule has 0 bridgehead atoms. The van der Waals surface area contributed by atoms with Crippen molar-refractivity contribution >= 4 is 23.2 Å². The van der Waals surface area contributed by atoms with Crippen LogP contribution in [-0.2, 0) is 24.2 Å². The average molecular weight is 430 g/mol. The van der Waals surface area contributed by atoms with Gasteiger partial charge in [-0.3, -0.25) is 14.9 Å². The molecule has 0 atom stereocenters. The third-order valence-electron chi connectivity index (χ3n) is 5.00. The van der Waals surface area contributed by atoms with Crippen LogP contribution in [0, 0.1) is 10.1 Å². The molecule has 1 amide bonds. The molecule has 2 heterocycles. The molecular weight excluding hydrogens is 414 g/mol. The fraction of sp³-hybridized carbons (Fsp3) is 0.200. The summed E-state index contributed by atoms with van der Waals surface area (Å²) in [6, 6.07) is 8.36. The summed E-state index contributed by atoms with van der Waals surface area (Å²) in [4.78, 5) is 24.7. The topological polar surface area (TPSA) is 130 Å². The first-order chi connectivity index (χ1) is 14.3. The van der Waals surface area contributed by atoms with Gasteiger partial charge in [-0.1, -0.05) is 28.9 Å². The van der Waals surface area contributed by atoms with E-state index in [1.807, 2.05) is 0 Å². The second-order valence-electron chi connectivity index (χ2n) is 6.92. The maximum absolute atomic E-state index is 12.8. The van der Waals surface area contributed by atoms with E-state index in [0.29, 0.717) is 29.8 Å². The normalized spacial score (nSPS) is 13.2. The predicted molar refractivity (Wildman–Crippen MR) is 106 cm³/mol. The van der Waals surface area contributed by atoms with Gasteiger partial charge < -0.3 is 19.6 Å². The average Bonchev–Trinajstić information content (AvgIpc) is 3.14. The standard InChI is InChI=1S/C20H16ClN3O6/c21-15-8-13(17(25)9-18(15)26)20-14-10-23(6-5-16(14)22-30-20)19(27)7-11-1-3-12(4-2-11)24(28)29/h1-4,8-9,25-26H,5-7,10H2. The number of fused-ring (bicyclic) bond motifs is 1. The molecule has 154 valence electrons. The minimum Gasteiger partial charge on any atom is -0.507 e. The fourth-order valence-electron chi connectivity index (χ4n) is 3.39. The van der Waals surface area contributed by atoms with E-state index in [9.17, 15) is 25.1 Å². The summed E-state index contributed by atoms with van der Waals surface area (Å²) in [7, 11) is 0. The molecule has 2 N–H and O–H groups in total. The van der Waals surface area contributed by atoms with Gasteiger partial charge in [-0.05, 0) is 11.6 Å². The van der Waals surface area contributed by atoms with Gasteiger partial charge in [0, 0.05) is 36.7 Å². The second-order valence-corrected chi connectivity index (χ2v) is 7.33. The number of nitro groups is 1.